The third kappa shape index (κ3) is 6.49. The summed E-state index contributed by atoms with van der Waals surface area (Å²) in [6.45, 7) is 6.57. The molecule has 0 fully saturated rings. The van der Waals surface area contributed by atoms with Crippen LogP contribution in [-0.4, -0.2) is 14.9 Å². The van der Waals surface area contributed by atoms with E-state index >= 15 is 0 Å². The summed E-state index contributed by atoms with van der Waals surface area (Å²) in [5, 5.41) is 0. The molecule has 0 bridgehead atoms. The van der Waals surface area contributed by atoms with E-state index in [1.807, 2.05) is 36.7 Å². The molecule has 5 aromatic rings. The van der Waals surface area contributed by atoms with Crippen molar-refractivity contribution < 1.29 is 0 Å². The van der Waals surface area contributed by atoms with E-state index in [0.717, 1.165) is 48.1 Å². The minimum Gasteiger partial charge on any atom is -0.311 e. The van der Waals surface area contributed by atoms with Gasteiger partial charge in [-0.25, -0.2) is 0 Å². The fraction of sp³-hybridized carbons (Fsp3) is 0.152. The predicted molar refractivity (Wildman–Crippen MR) is 152 cm³/mol. The summed E-state index contributed by atoms with van der Waals surface area (Å²) in [6, 6.07) is 38.5. The Morgan fingerprint density at radius 3 is 1.32 bits per heavy atom. The van der Waals surface area contributed by atoms with Crippen LogP contribution in [0.3, 0.4) is 0 Å². The predicted octanol–water partition coefficient (Wildman–Crippen LogP) is 7.77. The molecule has 184 valence electrons. The van der Waals surface area contributed by atoms with Gasteiger partial charge in [0.25, 0.3) is 0 Å². The van der Waals surface area contributed by atoms with Crippen LogP contribution in [0.15, 0.2) is 122 Å². The number of rotatable bonds is 9. The molecule has 0 aliphatic carbocycles. The molecule has 0 amide bonds. The highest BCUT2D eigenvalue weighted by Gasteiger charge is 2.14. The maximum atomic E-state index is 4.55. The van der Waals surface area contributed by atoms with Crippen molar-refractivity contribution in [1.29, 1.82) is 0 Å². The first-order valence-electron chi connectivity index (χ1n) is 12.7. The molecule has 0 aliphatic rings. The number of pyridine rings is 2. The molecular formula is C33H32N4. The van der Waals surface area contributed by atoms with Crippen molar-refractivity contribution in [2.24, 2.45) is 0 Å². The summed E-state index contributed by atoms with van der Waals surface area (Å²) >= 11 is 0. The Morgan fingerprint density at radius 2 is 0.919 bits per heavy atom. The smallest absolute Gasteiger partial charge is 0.0544 e. The van der Waals surface area contributed by atoms with Crippen LogP contribution >= 0.6 is 0 Å². The molecule has 2 aromatic heterocycles. The van der Waals surface area contributed by atoms with Crippen LogP contribution in [0, 0.1) is 13.8 Å². The van der Waals surface area contributed by atoms with Crippen molar-refractivity contribution in [3.8, 4) is 0 Å². The van der Waals surface area contributed by atoms with Crippen LogP contribution in [0.4, 0.5) is 17.1 Å². The summed E-state index contributed by atoms with van der Waals surface area (Å²) in [5.74, 6) is 0. The Balaban J connectivity index is 1.40. The molecule has 0 atom stereocenters. The van der Waals surface area contributed by atoms with Crippen molar-refractivity contribution in [2.75, 3.05) is 4.90 Å². The molecule has 0 radical (unpaired) electrons. The van der Waals surface area contributed by atoms with Gasteiger partial charge in [0, 0.05) is 49.1 Å². The minimum atomic E-state index is 0.762. The minimum absolute atomic E-state index is 0.762. The molecule has 0 saturated carbocycles. The first-order valence-corrected chi connectivity index (χ1v) is 12.7. The molecular weight excluding hydrogens is 452 g/mol. The van der Waals surface area contributed by atoms with Crippen molar-refractivity contribution in [1.82, 2.24) is 14.9 Å². The van der Waals surface area contributed by atoms with Crippen LogP contribution in [0.1, 0.15) is 28.1 Å². The highest BCUT2D eigenvalue weighted by molar-refractivity contribution is 5.76. The zero-order chi connectivity index (χ0) is 25.5. The normalized spacial score (nSPS) is 11.0. The Hall–Kier alpha value is -4.28. The van der Waals surface area contributed by atoms with Crippen LogP contribution in [0.25, 0.3) is 0 Å². The molecule has 4 heteroatoms. The fourth-order valence-corrected chi connectivity index (χ4v) is 4.45. The number of aryl methyl sites for hydroxylation is 2. The van der Waals surface area contributed by atoms with E-state index in [2.05, 4.69) is 119 Å². The maximum absolute atomic E-state index is 4.55. The van der Waals surface area contributed by atoms with Crippen LogP contribution in [0.2, 0.25) is 0 Å². The summed E-state index contributed by atoms with van der Waals surface area (Å²) in [6.07, 6.45) is 3.71. The number of hydrogen-bond acceptors (Lipinski definition) is 4. The second kappa shape index (κ2) is 11.6. The lowest BCUT2D eigenvalue weighted by atomic mass is 10.1. The van der Waals surface area contributed by atoms with Gasteiger partial charge in [0.2, 0.25) is 0 Å². The second-order valence-corrected chi connectivity index (χ2v) is 9.46. The lowest BCUT2D eigenvalue weighted by Gasteiger charge is -2.26. The first-order chi connectivity index (χ1) is 18.1. The summed E-state index contributed by atoms with van der Waals surface area (Å²) in [4.78, 5) is 13.8. The maximum Gasteiger partial charge on any atom is 0.0544 e. The highest BCUT2D eigenvalue weighted by Crippen LogP contribution is 2.35. The van der Waals surface area contributed by atoms with Gasteiger partial charge >= 0.3 is 0 Å². The van der Waals surface area contributed by atoms with Gasteiger partial charge in [-0.15, -0.1) is 0 Å². The van der Waals surface area contributed by atoms with Gasteiger partial charge in [-0.3, -0.25) is 14.9 Å². The number of nitrogens with zero attached hydrogens (tertiary/aromatic N) is 4. The van der Waals surface area contributed by atoms with Crippen molar-refractivity contribution >= 4 is 17.1 Å². The van der Waals surface area contributed by atoms with Gasteiger partial charge in [0.15, 0.2) is 0 Å². The molecule has 0 spiro atoms. The average Bonchev–Trinajstić information content (AvgIpc) is 2.93. The van der Waals surface area contributed by atoms with E-state index in [1.54, 1.807) is 0 Å². The van der Waals surface area contributed by atoms with Crippen molar-refractivity contribution in [3.63, 3.8) is 0 Å². The zero-order valence-electron chi connectivity index (χ0n) is 21.5. The third-order valence-electron chi connectivity index (χ3n) is 6.41. The summed E-state index contributed by atoms with van der Waals surface area (Å²) < 4.78 is 0. The molecule has 4 nitrogen and oxygen atoms in total. The Morgan fingerprint density at radius 1 is 0.486 bits per heavy atom. The Bertz CT molecular complexity index is 1290. The van der Waals surface area contributed by atoms with Crippen molar-refractivity contribution in [2.45, 2.75) is 33.5 Å². The van der Waals surface area contributed by atoms with Gasteiger partial charge in [-0.1, -0.05) is 59.7 Å². The highest BCUT2D eigenvalue weighted by atomic mass is 15.1. The van der Waals surface area contributed by atoms with E-state index < -0.39 is 0 Å². The molecule has 0 unspecified atom stereocenters. The van der Waals surface area contributed by atoms with Crippen LogP contribution < -0.4 is 4.90 Å². The SMILES string of the molecule is Cc1ccc(N(c2ccc(C)cc2)c2ccc(CN(Cc3ccccn3)Cc3ccccn3)cc2)cc1. The Kier molecular flexibility index (Phi) is 7.68. The van der Waals surface area contributed by atoms with E-state index in [-0.39, 0.29) is 0 Å². The van der Waals surface area contributed by atoms with Crippen LogP contribution in [-0.2, 0) is 19.6 Å². The fourth-order valence-electron chi connectivity index (χ4n) is 4.45. The number of hydrogen-bond donors (Lipinski definition) is 0. The zero-order valence-corrected chi connectivity index (χ0v) is 21.5. The molecule has 37 heavy (non-hydrogen) atoms. The Labute approximate surface area is 219 Å². The quantitative estimate of drug-likeness (QED) is 0.214. The monoisotopic (exact) mass is 484 g/mol. The van der Waals surface area contributed by atoms with Gasteiger partial charge in [0.1, 0.15) is 0 Å². The van der Waals surface area contributed by atoms with Gasteiger partial charge in [-0.05, 0) is 80.1 Å². The van der Waals surface area contributed by atoms with E-state index in [1.165, 1.54) is 16.7 Å². The average molecular weight is 485 g/mol. The topological polar surface area (TPSA) is 32.3 Å². The van der Waals surface area contributed by atoms with Gasteiger partial charge < -0.3 is 4.90 Å². The van der Waals surface area contributed by atoms with Gasteiger partial charge in [-0.2, -0.15) is 0 Å². The summed E-state index contributed by atoms with van der Waals surface area (Å²) in [5.41, 5.74) is 9.30. The first kappa shape index (κ1) is 24.4. The molecule has 2 heterocycles. The van der Waals surface area contributed by atoms with E-state index in [4.69, 9.17) is 0 Å². The van der Waals surface area contributed by atoms with Crippen LogP contribution in [0.5, 0.6) is 0 Å². The largest absolute Gasteiger partial charge is 0.311 e. The molecule has 0 saturated heterocycles. The number of aromatic nitrogens is 2. The molecule has 5 rings (SSSR count). The standard InChI is InChI=1S/C33H32N4/c1-26-9-15-31(16-10-26)37(32-17-11-27(2)12-18-32)33-19-13-28(14-20-33)23-36(24-29-7-3-5-21-34-29)25-30-8-4-6-22-35-30/h3-22H,23-25H2,1-2H3. The second-order valence-electron chi connectivity index (χ2n) is 9.46. The number of anilines is 3. The lowest BCUT2D eigenvalue weighted by molar-refractivity contribution is 0.242. The molecule has 0 N–H and O–H groups in total. The van der Waals surface area contributed by atoms with Gasteiger partial charge in [0.05, 0.1) is 11.4 Å². The third-order valence-corrected chi connectivity index (χ3v) is 6.41. The number of benzene rings is 3. The molecule has 0 aliphatic heterocycles. The molecule has 3 aromatic carbocycles. The summed E-state index contributed by atoms with van der Waals surface area (Å²) in [7, 11) is 0. The van der Waals surface area contributed by atoms with E-state index in [9.17, 15) is 0 Å². The lowest BCUT2D eigenvalue weighted by Crippen LogP contribution is -2.23. The van der Waals surface area contributed by atoms with Crippen molar-refractivity contribution in [3.05, 3.63) is 150 Å². The van der Waals surface area contributed by atoms with E-state index in [0.29, 0.717) is 0 Å².